The lowest BCUT2D eigenvalue weighted by Crippen LogP contribution is -2.35. The van der Waals surface area contributed by atoms with Gasteiger partial charge in [-0.15, -0.1) is 0 Å². The van der Waals surface area contributed by atoms with Crippen LogP contribution >= 0.6 is 11.6 Å². The van der Waals surface area contributed by atoms with Crippen LogP contribution in [-0.4, -0.2) is 23.9 Å². The molecule has 4 heteroatoms. The third-order valence-electron chi connectivity index (χ3n) is 5.05. The van der Waals surface area contributed by atoms with Crippen LogP contribution < -0.4 is 4.90 Å². The van der Waals surface area contributed by atoms with Gasteiger partial charge in [0.1, 0.15) is 10.9 Å². The molecule has 1 aromatic carbocycles. The van der Waals surface area contributed by atoms with E-state index in [1.165, 1.54) is 16.6 Å². The molecule has 114 valence electrons. The number of carbonyl (C=O) groups is 1. The summed E-state index contributed by atoms with van der Waals surface area (Å²) in [6.07, 6.45) is 6.53. The van der Waals surface area contributed by atoms with Gasteiger partial charge in [-0.3, -0.25) is 4.79 Å². The summed E-state index contributed by atoms with van der Waals surface area (Å²) in [5.74, 6) is 1.06. The summed E-state index contributed by atoms with van der Waals surface area (Å²) in [7, 11) is 0. The second kappa shape index (κ2) is 5.54. The molecular formula is C18H19ClN2O. The Labute approximate surface area is 135 Å². The minimum absolute atomic E-state index is 0.431. The van der Waals surface area contributed by atoms with Gasteiger partial charge >= 0.3 is 0 Å². The van der Waals surface area contributed by atoms with Crippen LogP contribution in [0.2, 0.25) is 5.15 Å². The van der Waals surface area contributed by atoms with Crippen LogP contribution in [0.25, 0.3) is 10.8 Å². The van der Waals surface area contributed by atoms with Crippen LogP contribution in [0.15, 0.2) is 24.4 Å². The Bertz CT molecular complexity index is 733. The number of halogens is 1. The Hall–Kier alpha value is -1.61. The van der Waals surface area contributed by atoms with E-state index in [1.807, 2.05) is 6.20 Å². The van der Waals surface area contributed by atoms with Crippen molar-refractivity contribution in [3.05, 3.63) is 35.1 Å². The Morgan fingerprint density at radius 1 is 1.23 bits per heavy atom. The van der Waals surface area contributed by atoms with E-state index in [2.05, 4.69) is 28.1 Å². The van der Waals surface area contributed by atoms with Crippen LogP contribution in [0.4, 0.5) is 5.69 Å². The van der Waals surface area contributed by atoms with Crippen molar-refractivity contribution in [2.24, 2.45) is 5.92 Å². The number of pyridine rings is 1. The molecule has 1 aromatic heterocycles. The number of anilines is 1. The smallest absolute Gasteiger partial charge is 0.136 e. The summed E-state index contributed by atoms with van der Waals surface area (Å²) in [6.45, 7) is 2.08. The number of Topliss-reactive ketones (excluding diaryl/α,β-unsaturated/α-hetero) is 1. The van der Waals surface area contributed by atoms with E-state index in [4.69, 9.17) is 11.6 Å². The Morgan fingerprint density at radius 3 is 2.86 bits per heavy atom. The van der Waals surface area contributed by atoms with Gasteiger partial charge in [-0.2, -0.15) is 0 Å². The number of hydrogen-bond acceptors (Lipinski definition) is 3. The molecule has 0 atom stereocenters. The van der Waals surface area contributed by atoms with Crippen molar-refractivity contribution in [3.8, 4) is 0 Å². The van der Waals surface area contributed by atoms with Crippen molar-refractivity contribution in [2.75, 3.05) is 18.0 Å². The number of benzene rings is 1. The zero-order chi connectivity index (χ0) is 15.1. The van der Waals surface area contributed by atoms with Crippen molar-refractivity contribution in [3.63, 3.8) is 0 Å². The van der Waals surface area contributed by atoms with Crippen molar-refractivity contribution in [1.82, 2.24) is 4.98 Å². The fourth-order valence-electron chi connectivity index (χ4n) is 3.83. The first-order chi connectivity index (χ1) is 10.7. The van der Waals surface area contributed by atoms with Crippen molar-refractivity contribution in [1.29, 1.82) is 0 Å². The molecule has 0 radical (unpaired) electrons. The van der Waals surface area contributed by atoms with Crippen molar-refractivity contribution in [2.45, 2.75) is 32.1 Å². The third-order valence-corrected chi connectivity index (χ3v) is 5.35. The van der Waals surface area contributed by atoms with E-state index in [0.717, 1.165) is 50.6 Å². The zero-order valence-electron chi connectivity index (χ0n) is 12.5. The maximum atomic E-state index is 11.4. The predicted molar refractivity (Wildman–Crippen MR) is 89.6 cm³/mol. The fourth-order valence-corrected chi connectivity index (χ4v) is 4.04. The van der Waals surface area contributed by atoms with Crippen LogP contribution in [0, 0.1) is 5.92 Å². The summed E-state index contributed by atoms with van der Waals surface area (Å²) in [5.41, 5.74) is 2.57. The highest BCUT2D eigenvalue weighted by molar-refractivity contribution is 6.34. The van der Waals surface area contributed by atoms with Gasteiger partial charge in [-0.05, 0) is 36.8 Å². The monoisotopic (exact) mass is 314 g/mol. The van der Waals surface area contributed by atoms with Crippen LogP contribution in [0.3, 0.4) is 0 Å². The van der Waals surface area contributed by atoms with Gasteiger partial charge in [0.25, 0.3) is 0 Å². The quantitative estimate of drug-likeness (QED) is 0.785. The maximum absolute atomic E-state index is 11.4. The summed E-state index contributed by atoms with van der Waals surface area (Å²) < 4.78 is 0. The van der Waals surface area contributed by atoms with Gasteiger partial charge in [-0.1, -0.05) is 23.7 Å². The summed E-state index contributed by atoms with van der Waals surface area (Å²) in [6, 6.07) is 6.31. The number of rotatable bonds is 2. The molecular weight excluding hydrogens is 296 g/mol. The summed E-state index contributed by atoms with van der Waals surface area (Å²) in [4.78, 5) is 18.2. The van der Waals surface area contributed by atoms with Crippen molar-refractivity contribution >= 4 is 33.8 Å². The second-order valence-electron chi connectivity index (χ2n) is 6.45. The molecule has 4 rings (SSSR count). The summed E-state index contributed by atoms with van der Waals surface area (Å²) >= 11 is 6.27. The Morgan fingerprint density at radius 2 is 2.05 bits per heavy atom. The largest absolute Gasteiger partial charge is 0.370 e. The van der Waals surface area contributed by atoms with E-state index >= 15 is 0 Å². The molecule has 2 aliphatic rings. The molecule has 0 amide bonds. The number of carbonyl (C=O) groups excluding carboxylic acids is 1. The molecule has 1 fully saturated rings. The Balaban J connectivity index is 1.67. The highest BCUT2D eigenvalue weighted by atomic mass is 35.5. The average Bonchev–Trinajstić information content (AvgIpc) is 2.55. The normalized spacial score (nSPS) is 19.0. The standard InChI is InChI=1S/C18H19ClN2O/c19-18-15-2-1-3-16-17(15)13(10-20-18)8-9-21(16)11-12-4-6-14(22)7-5-12/h1-3,10,12H,4-9,11H2. The van der Waals surface area contributed by atoms with Gasteiger partial charge in [0, 0.05) is 48.6 Å². The van der Waals surface area contributed by atoms with E-state index < -0.39 is 0 Å². The van der Waals surface area contributed by atoms with Crippen LogP contribution in [0.1, 0.15) is 31.2 Å². The molecule has 1 saturated carbocycles. The highest BCUT2D eigenvalue weighted by Crippen LogP contribution is 2.37. The van der Waals surface area contributed by atoms with E-state index in [-0.39, 0.29) is 0 Å². The first-order valence-corrected chi connectivity index (χ1v) is 8.43. The molecule has 0 N–H and O–H groups in total. The first-order valence-electron chi connectivity index (χ1n) is 8.05. The average molecular weight is 315 g/mol. The number of ketones is 1. The lowest BCUT2D eigenvalue weighted by Gasteiger charge is -2.35. The van der Waals surface area contributed by atoms with E-state index in [9.17, 15) is 4.79 Å². The lowest BCUT2D eigenvalue weighted by molar-refractivity contribution is -0.120. The third kappa shape index (κ3) is 2.38. The zero-order valence-corrected chi connectivity index (χ0v) is 13.3. The van der Waals surface area contributed by atoms with Gasteiger partial charge in [-0.25, -0.2) is 4.98 Å². The predicted octanol–water partition coefficient (Wildman–Crippen LogP) is 4.01. The van der Waals surface area contributed by atoms with Gasteiger partial charge < -0.3 is 4.90 Å². The molecule has 3 nitrogen and oxygen atoms in total. The highest BCUT2D eigenvalue weighted by Gasteiger charge is 2.25. The SMILES string of the molecule is O=C1CCC(CN2CCc3cnc(Cl)c4cccc2c34)CC1. The minimum atomic E-state index is 0.431. The Kier molecular flexibility index (Phi) is 3.53. The van der Waals surface area contributed by atoms with E-state index in [1.54, 1.807) is 0 Å². The summed E-state index contributed by atoms with van der Waals surface area (Å²) in [5, 5.41) is 2.91. The molecule has 1 aliphatic carbocycles. The van der Waals surface area contributed by atoms with Crippen LogP contribution in [-0.2, 0) is 11.2 Å². The van der Waals surface area contributed by atoms with Crippen molar-refractivity contribution < 1.29 is 4.79 Å². The minimum Gasteiger partial charge on any atom is -0.370 e. The van der Waals surface area contributed by atoms with Gasteiger partial charge in [0.05, 0.1) is 0 Å². The molecule has 2 heterocycles. The fraction of sp³-hybridized carbons (Fsp3) is 0.444. The van der Waals surface area contributed by atoms with Gasteiger partial charge in [0.15, 0.2) is 0 Å². The molecule has 0 saturated heterocycles. The number of aromatic nitrogens is 1. The molecule has 22 heavy (non-hydrogen) atoms. The van der Waals surface area contributed by atoms with Crippen LogP contribution in [0.5, 0.6) is 0 Å². The molecule has 0 unspecified atom stereocenters. The molecule has 2 aromatic rings. The molecule has 0 spiro atoms. The topological polar surface area (TPSA) is 33.2 Å². The second-order valence-corrected chi connectivity index (χ2v) is 6.81. The van der Waals surface area contributed by atoms with Gasteiger partial charge in [0.2, 0.25) is 0 Å². The lowest BCUT2D eigenvalue weighted by atomic mass is 9.87. The number of nitrogens with zero attached hydrogens (tertiary/aromatic N) is 2. The maximum Gasteiger partial charge on any atom is 0.136 e. The van der Waals surface area contributed by atoms with E-state index in [0.29, 0.717) is 16.9 Å². The number of hydrogen-bond donors (Lipinski definition) is 0. The molecule has 0 bridgehead atoms. The first kappa shape index (κ1) is 14.0. The molecule has 1 aliphatic heterocycles.